The van der Waals surface area contributed by atoms with Crippen molar-refractivity contribution in [3.05, 3.63) is 54.3 Å². The van der Waals surface area contributed by atoms with Gasteiger partial charge in [0.05, 0.1) is 5.92 Å². The van der Waals surface area contributed by atoms with Crippen LogP contribution in [0.25, 0.3) is 11.1 Å². The summed E-state index contributed by atoms with van der Waals surface area (Å²) >= 11 is 0. The largest absolute Gasteiger partial charge is 0.385 e. The second-order valence-corrected chi connectivity index (χ2v) is 6.66. The number of halogens is 1. The number of ether oxygens (including phenoxy) is 1. The molecule has 2 amide bonds. The molecule has 2 aromatic carbocycles. The summed E-state index contributed by atoms with van der Waals surface area (Å²) in [4.78, 5) is 26.2. The molecule has 6 heteroatoms. The predicted molar refractivity (Wildman–Crippen MR) is 102 cm³/mol. The molecular weight excluding hydrogens is 347 g/mol. The van der Waals surface area contributed by atoms with Gasteiger partial charge in [0.25, 0.3) is 0 Å². The van der Waals surface area contributed by atoms with E-state index in [-0.39, 0.29) is 30.0 Å². The Morgan fingerprint density at radius 1 is 1.15 bits per heavy atom. The van der Waals surface area contributed by atoms with Gasteiger partial charge in [-0.1, -0.05) is 24.3 Å². The van der Waals surface area contributed by atoms with Crippen LogP contribution in [-0.2, 0) is 14.3 Å². The van der Waals surface area contributed by atoms with Gasteiger partial charge in [-0.2, -0.15) is 0 Å². The molecule has 142 valence electrons. The number of hydrogen-bond donors (Lipinski definition) is 1. The molecule has 3 rings (SSSR count). The van der Waals surface area contributed by atoms with Crippen molar-refractivity contribution in [1.82, 2.24) is 4.90 Å². The Labute approximate surface area is 158 Å². The minimum atomic E-state index is -0.336. The quantitative estimate of drug-likeness (QED) is 0.761. The van der Waals surface area contributed by atoms with Gasteiger partial charge in [-0.25, -0.2) is 4.39 Å². The summed E-state index contributed by atoms with van der Waals surface area (Å²) < 4.78 is 18.0. The molecule has 1 heterocycles. The molecule has 1 aliphatic rings. The molecule has 0 spiro atoms. The van der Waals surface area contributed by atoms with Crippen molar-refractivity contribution >= 4 is 17.5 Å². The summed E-state index contributed by atoms with van der Waals surface area (Å²) in [7, 11) is 1.63. The summed E-state index contributed by atoms with van der Waals surface area (Å²) in [6.07, 6.45) is 1.01. The van der Waals surface area contributed by atoms with Crippen LogP contribution in [0.2, 0.25) is 0 Å². The molecule has 1 fully saturated rings. The van der Waals surface area contributed by atoms with E-state index < -0.39 is 0 Å². The Bertz CT molecular complexity index is 790. The predicted octanol–water partition coefficient (Wildman–Crippen LogP) is 3.32. The first-order valence-electron chi connectivity index (χ1n) is 9.00. The van der Waals surface area contributed by atoms with Gasteiger partial charge in [0.2, 0.25) is 11.8 Å². The Kier molecular flexibility index (Phi) is 6.19. The highest BCUT2D eigenvalue weighted by atomic mass is 19.1. The number of nitrogens with one attached hydrogen (secondary N) is 1. The average Bonchev–Trinajstić information content (AvgIpc) is 3.04. The molecule has 1 aliphatic heterocycles. The first-order chi connectivity index (χ1) is 13.1. The van der Waals surface area contributed by atoms with Gasteiger partial charge in [-0.05, 0) is 41.8 Å². The highest BCUT2D eigenvalue weighted by Crippen LogP contribution is 2.23. The van der Waals surface area contributed by atoms with Crippen molar-refractivity contribution in [2.24, 2.45) is 5.92 Å². The van der Waals surface area contributed by atoms with Crippen molar-refractivity contribution in [1.29, 1.82) is 0 Å². The lowest BCUT2D eigenvalue weighted by Gasteiger charge is -2.16. The third kappa shape index (κ3) is 4.92. The number of carbonyl (C=O) groups excluding carboxylic acids is 2. The number of likely N-dealkylation sites (tertiary alicyclic amines) is 1. The van der Waals surface area contributed by atoms with E-state index in [4.69, 9.17) is 4.74 Å². The van der Waals surface area contributed by atoms with Crippen LogP contribution in [0.15, 0.2) is 48.5 Å². The molecule has 1 atom stereocenters. The molecular formula is C21H23FN2O3. The number of amides is 2. The third-order valence-electron chi connectivity index (χ3n) is 4.69. The summed E-state index contributed by atoms with van der Waals surface area (Å²) in [5.74, 6) is -0.744. The van der Waals surface area contributed by atoms with Crippen molar-refractivity contribution < 1.29 is 18.7 Å². The molecule has 5 nitrogen and oxygen atoms in total. The van der Waals surface area contributed by atoms with E-state index >= 15 is 0 Å². The van der Waals surface area contributed by atoms with E-state index in [1.54, 1.807) is 24.1 Å². The zero-order chi connectivity index (χ0) is 19.2. The molecule has 0 aromatic heterocycles. The Morgan fingerprint density at radius 2 is 1.78 bits per heavy atom. The molecule has 0 radical (unpaired) electrons. The number of carbonyl (C=O) groups is 2. The fourth-order valence-corrected chi connectivity index (χ4v) is 3.20. The fraction of sp³-hybridized carbons (Fsp3) is 0.333. The molecule has 1 saturated heterocycles. The molecule has 2 aromatic rings. The van der Waals surface area contributed by atoms with Crippen LogP contribution in [0.3, 0.4) is 0 Å². The third-order valence-corrected chi connectivity index (χ3v) is 4.69. The maximum Gasteiger partial charge on any atom is 0.229 e. The minimum absolute atomic E-state index is 0.0120. The van der Waals surface area contributed by atoms with Gasteiger partial charge in [0.1, 0.15) is 5.82 Å². The van der Waals surface area contributed by atoms with Crippen molar-refractivity contribution in [2.75, 3.05) is 32.1 Å². The second-order valence-electron chi connectivity index (χ2n) is 6.66. The van der Waals surface area contributed by atoms with E-state index in [1.165, 1.54) is 12.1 Å². The average molecular weight is 370 g/mol. The molecule has 1 N–H and O–H groups in total. The summed E-state index contributed by atoms with van der Waals surface area (Å²) in [5.41, 5.74) is 2.52. The van der Waals surface area contributed by atoms with Crippen LogP contribution in [0, 0.1) is 11.7 Å². The van der Waals surface area contributed by atoms with Crippen LogP contribution in [-0.4, -0.2) is 43.5 Å². The van der Waals surface area contributed by atoms with Gasteiger partial charge >= 0.3 is 0 Å². The van der Waals surface area contributed by atoms with Gasteiger partial charge in [0, 0.05) is 38.9 Å². The first kappa shape index (κ1) is 19.0. The topological polar surface area (TPSA) is 58.6 Å². The lowest BCUT2D eigenvalue weighted by Crippen LogP contribution is -2.29. The molecule has 0 saturated carbocycles. The smallest absolute Gasteiger partial charge is 0.229 e. The number of anilines is 1. The second kappa shape index (κ2) is 8.77. The number of methoxy groups -OCH3 is 1. The van der Waals surface area contributed by atoms with E-state index in [9.17, 15) is 14.0 Å². The van der Waals surface area contributed by atoms with Gasteiger partial charge in [0.15, 0.2) is 0 Å². The van der Waals surface area contributed by atoms with E-state index in [1.807, 2.05) is 24.3 Å². The number of rotatable bonds is 7. The number of nitrogens with zero attached hydrogens (tertiary/aromatic N) is 1. The molecule has 27 heavy (non-hydrogen) atoms. The number of hydrogen-bond acceptors (Lipinski definition) is 3. The van der Waals surface area contributed by atoms with Crippen LogP contribution >= 0.6 is 0 Å². The van der Waals surface area contributed by atoms with Crippen LogP contribution < -0.4 is 5.32 Å². The maximum absolute atomic E-state index is 13.0. The maximum atomic E-state index is 13.0. The zero-order valence-electron chi connectivity index (χ0n) is 15.3. The lowest BCUT2D eigenvalue weighted by molar-refractivity contribution is -0.128. The van der Waals surface area contributed by atoms with E-state index in [0.717, 1.165) is 17.5 Å². The Morgan fingerprint density at radius 3 is 2.41 bits per heavy atom. The van der Waals surface area contributed by atoms with Gasteiger partial charge < -0.3 is 15.0 Å². The van der Waals surface area contributed by atoms with Gasteiger partial charge in [-0.15, -0.1) is 0 Å². The SMILES string of the molecule is COCCCN1CC(C(=O)Nc2ccc(-c3ccc(F)cc3)cc2)CC1=O. The summed E-state index contributed by atoms with van der Waals surface area (Å²) in [6, 6.07) is 13.6. The van der Waals surface area contributed by atoms with Gasteiger partial charge in [-0.3, -0.25) is 9.59 Å². The van der Waals surface area contributed by atoms with Crippen LogP contribution in [0.1, 0.15) is 12.8 Å². The minimum Gasteiger partial charge on any atom is -0.385 e. The molecule has 0 bridgehead atoms. The Balaban J connectivity index is 1.56. The summed E-state index contributed by atoms with van der Waals surface area (Å²) in [5, 5.41) is 2.88. The highest BCUT2D eigenvalue weighted by molar-refractivity contribution is 5.97. The van der Waals surface area contributed by atoms with E-state index in [0.29, 0.717) is 25.4 Å². The Hall–Kier alpha value is -2.73. The number of benzene rings is 2. The van der Waals surface area contributed by atoms with E-state index in [2.05, 4.69) is 5.32 Å². The highest BCUT2D eigenvalue weighted by Gasteiger charge is 2.33. The molecule has 1 unspecified atom stereocenters. The van der Waals surface area contributed by atoms with Crippen molar-refractivity contribution in [2.45, 2.75) is 12.8 Å². The standard InChI is InChI=1S/C21H23FN2O3/c1-27-12-2-11-24-14-17(13-20(24)25)21(26)23-19-9-5-16(6-10-19)15-3-7-18(22)8-4-15/h3-10,17H,2,11-14H2,1H3,(H,23,26). The van der Waals surface area contributed by atoms with Crippen LogP contribution in [0.5, 0.6) is 0 Å². The molecule has 0 aliphatic carbocycles. The first-order valence-corrected chi connectivity index (χ1v) is 9.00. The van der Waals surface area contributed by atoms with Crippen LogP contribution in [0.4, 0.5) is 10.1 Å². The van der Waals surface area contributed by atoms with Crippen molar-refractivity contribution in [3.63, 3.8) is 0 Å². The summed E-state index contributed by atoms with van der Waals surface area (Å²) in [6.45, 7) is 1.66. The fourth-order valence-electron chi connectivity index (χ4n) is 3.20. The lowest BCUT2D eigenvalue weighted by atomic mass is 10.0. The zero-order valence-corrected chi connectivity index (χ0v) is 15.3. The normalized spacial score (nSPS) is 16.6. The monoisotopic (exact) mass is 370 g/mol. The van der Waals surface area contributed by atoms with Crippen molar-refractivity contribution in [3.8, 4) is 11.1 Å².